The minimum Gasteiger partial charge on any atom is -0.496 e. The summed E-state index contributed by atoms with van der Waals surface area (Å²) in [6.45, 7) is 19.5. The minimum atomic E-state index is 0.0524. The predicted octanol–water partition coefficient (Wildman–Crippen LogP) is 5.32. The lowest BCUT2D eigenvalue weighted by atomic mass is 9.78. The average molecular weight is 260 g/mol. The Kier molecular flexibility index (Phi) is 4.19. The van der Waals surface area contributed by atoms with E-state index in [9.17, 15) is 0 Å². The number of hydrogen-bond donors (Lipinski definition) is 0. The summed E-state index contributed by atoms with van der Waals surface area (Å²) < 4.78 is 5.67. The summed E-state index contributed by atoms with van der Waals surface area (Å²) in [4.78, 5) is 0. The number of rotatable bonds is 2. The number of benzene rings is 1. The zero-order valence-electron chi connectivity index (χ0n) is 13.8. The van der Waals surface area contributed by atoms with Crippen molar-refractivity contribution in [1.82, 2.24) is 0 Å². The van der Waals surface area contributed by atoms with E-state index in [0.717, 1.165) is 16.9 Å². The van der Waals surface area contributed by atoms with Gasteiger partial charge in [-0.3, -0.25) is 0 Å². The van der Waals surface area contributed by atoms with Gasteiger partial charge in [0.1, 0.15) is 5.75 Å². The topological polar surface area (TPSA) is 9.23 Å². The van der Waals surface area contributed by atoms with Gasteiger partial charge in [-0.1, -0.05) is 54.2 Å². The zero-order valence-corrected chi connectivity index (χ0v) is 13.8. The van der Waals surface area contributed by atoms with E-state index < -0.39 is 0 Å². The lowest BCUT2D eigenvalue weighted by Crippen LogP contribution is -2.18. The van der Waals surface area contributed by atoms with E-state index in [0.29, 0.717) is 0 Å². The molecule has 19 heavy (non-hydrogen) atoms. The Balaban J connectivity index is 3.70. The number of methoxy groups -OCH3 is 1. The Morgan fingerprint density at radius 3 is 1.84 bits per heavy atom. The van der Waals surface area contributed by atoms with Crippen LogP contribution >= 0.6 is 0 Å². The van der Waals surface area contributed by atoms with Crippen LogP contribution in [-0.4, -0.2) is 7.11 Å². The van der Waals surface area contributed by atoms with Gasteiger partial charge in [0.25, 0.3) is 0 Å². The molecule has 0 fully saturated rings. The molecular weight excluding hydrogens is 232 g/mol. The molecule has 1 rings (SSSR count). The van der Waals surface area contributed by atoms with E-state index in [-0.39, 0.29) is 10.8 Å². The molecule has 0 aliphatic heterocycles. The van der Waals surface area contributed by atoms with Crippen molar-refractivity contribution >= 4 is 5.57 Å². The molecule has 0 aliphatic rings. The van der Waals surface area contributed by atoms with E-state index in [1.807, 2.05) is 6.92 Å². The first-order valence-corrected chi connectivity index (χ1v) is 6.87. The third kappa shape index (κ3) is 3.40. The Morgan fingerprint density at radius 2 is 1.53 bits per heavy atom. The Hall–Kier alpha value is -1.24. The standard InChI is InChI=1S/C18H28O/c1-12(2)14-10-13(17(3,4)5)11-15(16(14)19-9)18(6,7)8/h10-11H,1H2,2-9H3. The molecule has 1 aromatic rings. The van der Waals surface area contributed by atoms with Crippen LogP contribution in [0.4, 0.5) is 0 Å². The minimum absolute atomic E-state index is 0.0524. The van der Waals surface area contributed by atoms with Gasteiger partial charge in [0.2, 0.25) is 0 Å². The highest BCUT2D eigenvalue weighted by atomic mass is 16.5. The van der Waals surface area contributed by atoms with Crippen molar-refractivity contribution in [3.8, 4) is 5.75 Å². The molecule has 0 N–H and O–H groups in total. The first-order valence-electron chi connectivity index (χ1n) is 6.87. The van der Waals surface area contributed by atoms with Crippen LogP contribution in [0, 0.1) is 0 Å². The van der Waals surface area contributed by atoms with E-state index in [1.165, 1.54) is 11.1 Å². The molecule has 0 amide bonds. The number of ether oxygens (including phenoxy) is 1. The first-order chi connectivity index (χ1) is 8.48. The van der Waals surface area contributed by atoms with Gasteiger partial charge in [0.15, 0.2) is 0 Å². The third-order valence-corrected chi connectivity index (χ3v) is 3.43. The molecule has 0 aliphatic carbocycles. The normalized spacial score (nSPS) is 12.4. The van der Waals surface area contributed by atoms with Crippen molar-refractivity contribution in [3.63, 3.8) is 0 Å². The summed E-state index contributed by atoms with van der Waals surface area (Å²) in [5.41, 5.74) is 4.93. The molecule has 1 nitrogen and oxygen atoms in total. The van der Waals surface area contributed by atoms with Gasteiger partial charge in [0, 0.05) is 11.1 Å². The first kappa shape index (κ1) is 15.8. The fourth-order valence-electron chi connectivity index (χ4n) is 2.16. The molecule has 106 valence electrons. The predicted molar refractivity (Wildman–Crippen MR) is 85.1 cm³/mol. The molecule has 0 radical (unpaired) electrons. The summed E-state index contributed by atoms with van der Waals surface area (Å²) in [6, 6.07) is 4.50. The molecule has 0 heterocycles. The van der Waals surface area contributed by atoms with Crippen molar-refractivity contribution in [2.45, 2.75) is 59.3 Å². The van der Waals surface area contributed by atoms with Crippen molar-refractivity contribution in [2.75, 3.05) is 7.11 Å². The fraction of sp³-hybridized carbons (Fsp3) is 0.556. The van der Waals surface area contributed by atoms with E-state index >= 15 is 0 Å². The summed E-state index contributed by atoms with van der Waals surface area (Å²) in [7, 11) is 1.74. The van der Waals surface area contributed by atoms with Gasteiger partial charge in [0.05, 0.1) is 7.11 Å². The largest absolute Gasteiger partial charge is 0.496 e. The Morgan fingerprint density at radius 1 is 1.00 bits per heavy atom. The Labute approximate surface area is 118 Å². The monoisotopic (exact) mass is 260 g/mol. The summed E-state index contributed by atoms with van der Waals surface area (Å²) in [5, 5.41) is 0. The third-order valence-electron chi connectivity index (χ3n) is 3.43. The lowest BCUT2D eigenvalue weighted by molar-refractivity contribution is 0.395. The number of allylic oxidation sites excluding steroid dienone is 1. The molecule has 0 unspecified atom stereocenters. The van der Waals surface area contributed by atoms with Crippen LogP contribution in [0.15, 0.2) is 18.7 Å². The quantitative estimate of drug-likeness (QED) is 0.699. The molecule has 0 atom stereocenters. The summed E-state index contributed by atoms with van der Waals surface area (Å²) in [6.07, 6.45) is 0. The van der Waals surface area contributed by atoms with E-state index in [1.54, 1.807) is 7.11 Å². The van der Waals surface area contributed by atoms with Gasteiger partial charge in [-0.15, -0.1) is 0 Å². The van der Waals surface area contributed by atoms with Gasteiger partial charge >= 0.3 is 0 Å². The van der Waals surface area contributed by atoms with E-state index in [2.05, 4.69) is 60.3 Å². The van der Waals surface area contributed by atoms with Gasteiger partial charge in [-0.25, -0.2) is 0 Å². The zero-order chi connectivity index (χ0) is 15.0. The van der Waals surface area contributed by atoms with Crippen molar-refractivity contribution in [3.05, 3.63) is 35.4 Å². The van der Waals surface area contributed by atoms with Crippen LogP contribution in [-0.2, 0) is 10.8 Å². The van der Waals surface area contributed by atoms with E-state index in [4.69, 9.17) is 4.74 Å². The second kappa shape index (κ2) is 5.03. The van der Waals surface area contributed by atoms with Crippen LogP contribution in [0.25, 0.3) is 5.57 Å². The maximum atomic E-state index is 5.67. The highest BCUT2D eigenvalue weighted by Gasteiger charge is 2.25. The van der Waals surface area contributed by atoms with Crippen molar-refractivity contribution in [1.29, 1.82) is 0 Å². The molecule has 0 spiro atoms. The number of hydrogen-bond acceptors (Lipinski definition) is 1. The fourth-order valence-corrected chi connectivity index (χ4v) is 2.16. The second-order valence-electron chi connectivity index (χ2n) is 7.38. The van der Waals surface area contributed by atoms with Crippen LogP contribution in [0.2, 0.25) is 0 Å². The van der Waals surface area contributed by atoms with Crippen molar-refractivity contribution in [2.24, 2.45) is 0 Å². The molecule has 0 bridgehead atoms. The average Bonchev–Trinajstić information content (AvgIpc) is 2.24. The molecule has 0 saturated heterocycles. The van der Waals surface area contributed by atoms with Gasteiger partial charge < -0.3 is 4.74 Å². The van der Waals surface area contributed by atoms with Crippen LogP contribution in [0.1, 0.15) is 65.2 Å². The Bertz CT molecular complexity index is 482. The molecule has 0 saturated carbocycles. The highest BCUT2D eigenvalue weighted by molar-refractivity contribution is 5.70. The van der Waals surface area contributed by atoms with Gasteiger partial charge in [-0.05, 0) is 35.0 Å². The molecule has 1 aromatic carbocycles. The maximum Gasteiger partial charge on any atom is 0.130 e. The SMILES string of the molecule is C=C(C)c1cc(C(C)(C)C)cc(C(C)(C)C)c1OC. The van der Waals surface area contributed by atoms with Gasteiger partial charge in [-0.2, -0.15) is 0 Å². The summed E-state index contributed by atoms with van der Waals surface area (Å²) in [5.74, 6) is 0.966. The van der Waals surface area contributed by atoms with Crippen LogP contribution in [0.5, 0.6) is 5.75 Å². The summed E-state index contributed by atoms with van der Waals surface area (Å²) >= 11 is 0. The lowest BCUT2D eigenvalue weighted by Gasteiger charge is -2.29. The molecular formula is C18H28O. The maximum absolute atomic E-state index is 5.67. The highest BCUT2D eigenvalue weighted by Crippen LogP contribution is 2.40. The second-order valence-corrected chi connectivity index (χ2v) is 7.38. The van der Waals surface area contributed by atoms with Crippen LogP contribution in [0.3, 0.4) is 0 Å². The van der Waals surface area contributed by atoms with Crippen LogP contribution < -0.4 is 4.74 Å². The van der Waals surface area contributed by atoms with Crippen molar-refractivity contribution < 1.29 is 4.74 Å². The molecule has 0 aromatic heterocycles. The molecule has 1 heteroatoms. The smallest absolute Gasteiger partial charge is 0.130 e.